The molecule has 0 saturated carbocycles. The number of rotatable bonds is 4. The van der Waals surface area contributed by atoms with E-state index in [1.165, 1.54) is 44.3 Å². The lowest BCUT2D eigenvalue weighted by atomic mass is 10.1. The summed E-state index contributed by atoms with van der Waals surface area (Å²) in [6, 6.07) is 11.3. The minimum atomic E-state index is 0.524. The third-order valence-electron chi connectivity index (χ3n) is 3.39. The van der Waals surface area contributed by atoms with Gasteiger partial charge in [-0.3, -0.25) is 5.43 Å². The van der Waals surface area contributed by atoms with Crippen LogP contribution in [0, 0.1) is 0 Å². The molecule has 1 unspecified atom stereocenters. The minimum Gasteiger partial charge on any atom is -0.252 e. The lowest BCUT2D eigenvalue weighted by molar-refractivity contribution is 0.168. The first-order valence-corrected chi connectivity index (χ1v) is 6.89. The predicted molar refractivity (Wildman–Crippen MR) is 72.8 cm³/mol. The Bertz CT molecular complexity index is 302. The molecular weight excluding hydrogens is 208 g/mol. The lowest BCUT2D eigenvalue weighted by Crippen LogP contribution is -2.44. The number of hydrazine groups is 1. The van der Waals surface area contributed by atoms with E-state index >= 15 is 0 Å². The molecule has 0 spiro atoms. The smallest absolute Gasteiger partial charge is 0.0227 e. The van der Waals surface area contributed by atoms with Crippen LogP contribution < -0.4 is 5.43 Å². The largest absolute Gasteiger partial charge is 0.252 e. The third kappa shape index (κ3) is 4.49. The molecule has 1 aromatic rings. The van der Waals surface area contributed by atoms with Crippen LogP contribution >= 0.6 is 0 Å². The van der Waals surface area contributed by atoms with Crippen molar-refractivity contribution < 1.29 is 0 Å². The maximum Gasteiger partial charge on any atom is 0.0227 e. The van der Waals surface area contributed by atoms with E-state index in [4.69, 9.17) is 0 Å². The van der Waals surface area contributed by atoms with E-state index in [1.54, 1.807) is 0 Å². The Kier molecular flexibility index (Phi) is 5.02. The summed E-state index contributed by atoms with van der Waals surface area (Å²) in [6.45, 7) is 4.69. The zero-order chi connectivity index (χ0) is 11.9. The number of benzene rings is 1. The van der Waals surface area contributed by atoms with Gasteiger partial charge in [-0.1, -0.05) is 43.2 Å². The van der Waals surface area contributed by atoms with E-state index in [1.807, 2.05) is 0 Å². The van der Waals surface area contributed by atoms with Crippen LogP contribution in [-0.4, -0.2) is 24.1 Å². The normalized spacial score (nSPS) is 19.8. The molecule has 94 valence electrons. The Balaban J connectivity index is 1.78. The fraction of sp³-hybridized carbons (Fsp3) is 0.600. The Hall–Kier alpha value is -0.860. The first kappa shape index (κ1) is 12.6. The van der Waals surface area contributed by atoms with Crippen LogP contribution in [0.15, 0.2) is 30.3 Å². The van der Waals surface area contributed by atoms with Gasteiger partial charge < -0.3 is 0 Å². The summed E-state index contributed by atoms with van der Waals surface area (Å²) in [6.07, 6.45) is 6.57. The van der Waals surface area contributed by atoms with Crippen LogP contribution in [-0.2, 0) is 6.42 Å². The van der Waals surface area contributed by atoms with Crippen LogP contribution in [0.1, 0.15) is 38.2 Å². The highest BCUT2D eigenvalue weighted by atomic mass is 15.5. The molecule has 1 aromatic carbocycles. The molecule has 1 saturated heterocycles. The second-order valence-electron chi connectivity index (χ2n) is 5.12. The van der Waals surface area contributed by atoms with E-state index < -0.39 is 0 Å². The SMILES string of the molecule is CC(Cc1ccccc1)NN1CCCCCC1. The molecule has 0 aromatic heterocycles. The zero-order valence-electron chi connectivity index (χ0n) is 10.9. The molecule has 0 amide bonds. The molecule has 1 fully saturated rings. The molecule has 0 radical (unpaired) electrons. The van der Waals surface area contributed by atoms with Gasteiger partial charge in [-0.2, -0.15) is 0 Å². The van der Waals surface area contributed by atoms with Gasteiger partial charge in [0.2, 0.25) is 0 Å². The lowest BCUT2D eigenvalue weighted by Gasteiger charge is -2.25. The van der Waals surface area contributed by atoms with Gasteiger partial charge >= 0.3 is 0 Å². The number of hydrogen-bond acceptors (Lipinski definition) is 2. The van der Waals surface area contributed by atoms with Crippen molar-refractivity contribution >= 4 is 0 Å². The van der Waals surface area contributed by atoms with Gasteiger partial charge in [-0.15, -0.1) is 0 Å². The Morgan fingerprint density at radius 3 is 2.35 bits per heavy atom. The molecule has 0 aliphatic carbocycles. The van der Waals surface area contributed by atoms with Crippen molar-refractivity contribution in [2.24, 2.45) is 0 Å². The van der Waals surface area contributed by atoms with Gasteiger partial charge in [0.15, 0.2) is 0 Å². The van der Waals surface area contributed by atoms with Crippen molar-refractivity contribution in [3.63, 3.8) is 0 Å². The van der Waals surface area contributed by atoms with Gasteiger partial charge in [-0.25, -0.2) is 5.01 Å². The maximum atomic E-state index is 3.64. The standard InChI is InChI=1S/C15H24N2/c1-14(13-15-9-5-4-6-10-15)16-17-11-7-2-3-8-12-17/h4-6,9-10,14,16H,2-3,7-8,11-13H2,1H3. The van der Waals surface area contributed by atoms with Crippen molar-refractivity contribution in [3.05, 3.63) is 35.9 Å². The second-order valence-corrected chi connectivity index (χ2v) is 5.12. The predicted octanol–water partition coefficient (Wildman–Crippen LogP) is 3.00. The van der Waals surface area contributed by atoms with Crippen LogP contribution in [0.3, 0.4) is 0 Å². The summed E-state index contributed by atoms with van der Waals surface area (Å²) < 4.78 is 0. The zero-order valence-corrected chi connectivity index (χ0v) is 10.9. The first-order chi connectivity index (χ1) is 8.34. The van der Waals surface area contributed by atoms with Crippen LogP contribution in [0.5, 0.6) is 0 Å². The maximum absolute atomic E-state index is 3.64. The van der Waals surface area contributed by atoms with E-state index in [-0.39, 0.29) is 0 Å². The van der Waals surface area contributed by atoms with Crippen molar-refractivity contribution in [1.82, 2.24) is 10.4 Å². The fourth-order valence-corrected chi connectivity index (χ4v) is 2.52. The molecular formula is C15H24N2. The third-order valence-corrected chi connectivity index (χ3v) is 3.39. The highest BCUT2D eigenvalue weighted by Gasteiger charge is 2.11. The molecule has 1 N–H and O–H groups in total. The summed E-state index contributed by atoms with van der Waals surface area (Å²) in [7, 11) is 0. The molecule has 17 heavy (non-hydrogen) atoms. The van der Waals surface area contributed by atoms with Crippen LogP contribution in [0.4, 0.5) is 0 Å². The van der Waals surface area contributed by atoms with E-state index in [0.717, 1.165) is 6.42 Å². The summed E-state index contributed by atoms with van der Waals surface area (Å²) in [4.78, 5) is 0. The van der Waals surface area contributed by atoms with Crippen LogP contribution in [0.25, 0.3) is 0 Å². The summed E-state index contributed by atoms with van der Waals surface area (Å²) in [5, 5.41) is 2.42. The molecule has 1 atom stereocenters. The van der Waals surface area contributed by atoms with E-state index in [2.05, 4.69) is 47.7 Å². The Labute approximate surface area is 105 Å². The monoisotopic (exact) mass is 232 g/mol. The number of nitrogens with zero attached hydrogens (tertiary/aromatic N) is 1. The van der Waals surface area contributed by atoms with Crippen LogP contribution in [0.2, 0.25) is 0 Å². The van der Waals surface area contributed by atoms with Crippen molar-refractivity contribution in [2.75, 3.05) is 13.1 Å². The topological polar surface area (TPSA) is 15.3 Å². The number of hydrogen-bond donors (Lipinski definition) is 1. The summed E-state index contributed by atoms with van der Waals surface area (Å²) >= 11 is 0. The molecule has 2 heteroatoms. The molecule has 2 rings (SSSR count). The van der Waals surface area contributed by atoms with Gasteiger partial charge in [0.05, 0.1) is 0 Å². The molecule has 0 bridgehead atoms. The summed E-state index contributed by atoms with van der Waals surface area (Å²) in [5.74, 6) is 0. The average molecular weight is 232 g/mol. The van der Waals surface area contributed by atoms with Crippen molar-refractivity contribution in [3.8, 4) is 0 Å². The van der Waals surface area contributed by atoms with Gasteiger partial charge in [-0.05, 0) is 31.7 Å². The van der Waals surface area contributed by atoms with E-state index in [0.29, 0.717) is 6.04 Å². The molecule has 2 nitrogen and oxygen atoms in total. The quantitative estimate of drug-likeness (QED) is 0.858. The molecule has 1 heterocycles. The van der Waals surface area contributed by atoms with Crippen molar-refractivity contribution in [1.29, 1.82) is 0 Å². The Morgan fingerprint density at radius 1 is 1.06 bits per heavy atom. The van der Waals surface area contributed by atoms with Crippen molar-refractivity contribution in [2.45, 2.75) is 45.1 Å². The summed E-state index contributed by atoms with van der Waals surface area (Å²) in [5.41, 5.74) is 5.06. The number of nitrogens with one attached hydrogen (secondary N) is 1. The average Bonchev–Trinajstić information content (AvgIpc) is 2.59. The Morgan fingerprint density at radius 2 is 1.71 bits per heavy atom. The minimum absolute atomic E-state index is 0.524. The molecule has 1 aliphatic rings. The van der Waals surface area contributed by atoms with E-state index in [9.17, 15) is 0 Å². The fourth-order valence-electron chi connectivity index (χ4n) is 2.52. The van der Waals surface area contributed by atoms with Gasteiger partial charge in [0.25, 0.3) is 0 Å². The molecule has 1 aliphatic heterocycles. The van der Waals surface area contributed by atoms with Gasteiger partial charge in [0, 0.05) is 19.1 Å². The van der Waals surface area contributed by atoms with Gasteiger partial charge in [0.1, 0.15) is 0 Å². The first-order valence-electron chi connectivity index (χ1n) is 6.89. The highest BCUT2D eigenvalue weighted by Crippen LogP contribution is 2.09. The highest BCUT2D eigenvalue weighted by molar-refractivity contribution is 5.15. The second kappa shape index (κ2) is 6.77.